The maximum Gasteiger partial charge on any atom is 0.251 e. The number of nitrogens with one attached hydrogen (secondary N) is 1. The highest BCUT2D eigenvalue weighted by Gasteiger charge is 2.24. The molecule has 1 fully saturated rings. The fraction of sp³-hybridized carbons (Fsp3) is 0.542. The summed E-state index contributed by atoms with van der Waals surface area (Å²) in [6.07, 6.45) is 7.19. The summed E-state index contributed by atoms with van der Waals surface area (Å²) in [6, 6.07) is 12.5. The Hall–Kier alpha value is -2.07. The van der Waals surface area contributed by atoms with Crippen molar-refractivity contribution in [3.8, 4) is 0 Å². The van der Waals surface area contributed by atoms with Gasteiger partial charge in [-0.05, 0) is 61.2 Å². The number of aromatic nitrogens is 1. The van der Waals surface area contributed by atoms with Crippen molar-refractivity contribution in [1.82, 2.24) is 14.8 Å². The molecular weight excluding hydrogens is 346 g/mol. The van der Waals surface area contributed by atoms with E-state index in [1.165, 1.54) is 36.9 Å². The summed E-state index contributed by atoms with van der Waals surface area (Å²) >= 11 is 0. The molecule has 1 N–H and O–H groups in total. The standard InChI is InChI=1S/C24H35N3O/c1-24(2,3)20-13-11-19(12-14-20)23(28)25-18-22(21-10-9-15-26(21)4)27-16-7-5-6-8-17-27/h9-15,22H,5-8,16-18H2,1-4H3,(H,25,28). The van der Waals surface area contributed by atoms with Gasteiger partial charge in [0.05, 0.1) is 6.04 Å². The van der Waals surface area contributed by atoms with Crippen LogP contribution in [0.2, 0.25) is 0 Å². The van der Waals surface area contributed by atoms with E-state index >= 15 is 0 Å². The van der Waals surface area contributed by atoms with Gasteiger partial charge in [-0.2, -0.15) is 0 Å². The Morgan fingerprint density at radius 1 is 1.04 bits per heavy atom. The first-order chi connectivity index (χ1) is 13.4. The molecule has 0 radical (unpaired) electrons. The summed E-state index contributed by atoms with van der Waals surface area (Å²) in [7, 11) is 2.09. The fourth-order valence-electron chi connectivity index (χ4n) is 4.06. The molecule has 1 unspecified atom stereocenters. The van der Waals surface area contributed by atoms with Gasteiger partial charge in [-0.3, -0.25) is 9.69 Å². The quantitative estimate of drug-likeness (QED) is 0.817. The van der Waals surface area contributed by atoms with Crippen molar-refractivity contribution in [3.05, 3.63) is 59.4 Å². The minimum absolute atomic E-state index is 0.00879. The molecule has 4 nitrogen and oxygen atoms in total. The van der Waals surface area contributed by atoms with E-state index in [2.05, 4.69) is 73.1 Å². The smallest absolute Gasteiger partial charge is 0.251 e. The molecular formula is C24H35N3O. The topological polar surface area (TPSA) is 37.3 Å². The molecule has 1 aromatic heterocycles. The predicted octanol–water partition coefficient (Wildman–Crippen LogP) is 4.67. The number of hydrogen-bond donors (Lipinski definition) is 1. The molecule has 1 atom stereocenters. The molecule has 0 aliphatic carbocycles. The number of hydrogen-bond acceptors (Lipinski definition) is 2. The Balaban J connectivity index is 1.70. The molecule has 1 aliphatic heterocycles. The largest absolute Gasteiger partial charge is 0.353 e. The van der Waals surface area contributed by atoms with Gasteiger partial charge in [0.15, 0.2) is 0 Å². The SMILES string of the molecule is Cn1cccc1C(CNC(=O)c1ccc(C(C)(C)C)cc1)N1CCCCCC1. The van der Waals surface area contributed by atoms with Crippen LogP contribution in [0.5, 0.6) is 0 Å². The molecule has 152 valence electrons. The summed E-state index contributed by atoms with van der Waals surface area (Å²) < 4.78 is 2.18. The second-order valence-electron chi connectivity index (χ2n) is 9.05. The van der Waals surface area contributed by atoms with E-state index in [4.69, 9.17) is 0 Å². The van der Waals surface area contributed by atoms with Gasteiger partial charge >= 0.3 is 0 Å². The summed E-state index contributed by atoms with van der Waals surface area (Å²) in [5.74, 6) is 0.00879. The van der Waals surface area contributed by atoms with E-state index in [0.29, 0.717) is 6.54 Å². The number of likely N-dealkylation sites (tertiary alicyclic amines) is 1. The molecule has 1 aromatic carbocycles. The average molecular weight is 382 g/mol. The van der Waals surface area contributed by atoms with Gasteiger partial charge in [-0.1, -0.05) is 45.7 Å². The molecule has 2 aromatic rings. The minimum Gasteiger partial charge on any atom is -0.353 e. The molecule has 28 heavy (non-hydrogen) atoms. The van der Waals surface area contributed by atoms with Crippen LogP contribution < -0.4 is 5.32 Å². The van der Waals surface area contributed by atoms with Gasteiger partial charge < -0.3 is 9.88 Å². The van der Waals surface area contributed by atoms with Gasteiger partial charge in [0.1, 0.15) is 0 Å². The number of carbonyl (C=O) groups excluding carboxylic acids is 1. The fourth-order valence-corrected chi connectivity index (χ4v) is 4.06. The molecule has 2 heterocycles. The molecule has 1 aliphatic rings. The normalized spacial score (nSPS) is 17.1. The van der Waals surface area contributed by atoms with Crippen molar-refractivity contribution in [2.75, 3.05) is 19.6 Å². The van der Waals surface area contributed by atoms with Crippen LogP contribution in [0.4, 0.5) is 0 Å². The Kier molecular flexibility index (Phi) is 6.61. The molecule has 1 amide bonds. The van der Waals surface area contributed by atoms with E-state index in [-0.39, 0.29) is 17.4 Å². The Morgan fingerprint density at radius 2 is 1.68 bits per heavy atom. The summed E-state index contributed by atoms with van der Waals surface area (Å²) in [5, 5.41) is 3.20. The van der Waals surface area contributed by atoms with Crippen LogP contribution in [0.15, 0.2) is 42.6 Å². The minimum atomic E-state index is 0.00879. The summed E-state index contributed by atoms with van der Waals surface area (Å²) in [5.41, 5.74) is 3.34. The van der Waals surface area contributed by atoms with Gasteiger partial charge in [-0.15, -0.1) is 0 Å². The highest BCUT2D eigenvalue weighted by atomic mass is 16.1. The number of nitrogens with zero attached hydrogens (tertiary/aromatic N) is 2. The number of amides is 1. The second kappa shape index (κ2) is 8.95. The van der Waals surface area contributed by atoms with Crippen LogP contribution in [0.25, 0.3) is 0 Å². The lowest BCUT2D eigenvalue weighted by atomic mass is 9.87. The first-order valence-corrected chi connectivity index (χ1v) is 10.6. The molecule has 3 rings (SSSR count). The maximum absolute atomic E-state index is 12.8. The van der Waals surface area contributed by atoms with Crippen LogP contribution in [0, 0.1) is 0 Å². The lowest BCUT2D eigenvalue weighted by molar-refractivity contribution is 0.0931. The third-order valence-electron chi connectivity index (χ3n) is 5.88. The van der Waals surface area contributed by atoms with E-state index < -0.39 is 0 Å². The number of aryl methyl sites for hydroxylation is 1. The molecule has 4 heteroatoms. The van der Waals surface area contributed by atoms with Crippen molar-refractivity contribution in [1.29, 1.82) is 0 Å². The first-order valence-electron chi connectivity index (χ1n) is 10.6. The highest BCUT2D eigenvalue weighted by molar-refractivity contribution is 5.94. The van der Waals surface area contributed by atoms with Gasteiger partial charge in [0.2, 0.25) is 0 Å². The van der Waals surface area contributed by atoms with E-state index in [1.54, 1.807) is 0 Å². The monoisotopic (exact) mass is 381 g/mol. The van der Waals surface area contributed by atoms with Crippen molar-refractivity contribution < 1.29 is 4.79 Å². The number of carbonyl (C=O) groups is 1. The predicted molar refractivity (Wildman–Crippen MR) is 116 cm³/mol. The van der Waals surface area contributed by atoms with Crippen LogP contribution in [0.1, 0.15) is 74.1 Å². The van der Waals surface area contributed by atoms with E-state index in [1.807, 2.05) is 12.1 Å². The lowest BCUT2D eigenvalue weighted by Gasteiger charge is -2.31. The zero-order valence-electron chi connectivity index (χ0n) is 17.9. The lowest BCUT2D eigenvalue weighted by Crippen LogP contribution is -2.39. The van der Waals surface area contributed by atoms with Gasteiger partial charge in [0.25, 0.3) is 5.91 Å². The van der Waals surface area contributed by atoms with Crippen LogP contribution in [-0.2, 0) is 12.5 Å². The second-order valence-corrected chi connectivity index (χ2v) is 9.05. The summed E-state index contributed by atoms with van der Waals surface area (Å²) in [4.78, 5) is 15.3. The molecule has 1 saturated heterocycles. The molecule has 0 spiro atoms. The van der Waals surface area contributed by atoms with Crippen LogP contribution in [0.3, 0.4) is 0 Å². The molecule has 0 saturated carbocycles. The van der Waals surface area contributed by atoms with Gasteiger partial charge in [0, 0.05) is 31.0 Å². The van der Waals surface area contributed by atoms with E-state index in [9.17, 15) is 4.79 Å². The number of benzene rings is 1. The maximum atomic E-state index is 12.8. The van der Waals surface area contributed by atoms with E-state index in [0.717, 1.165) is 18.7 Å². The number of rotatable bonds is 5. The zero-order chi connectivity index (χ0) is 20.1. The Bertz CT molecular complexity index is 762. The zero-order valence-corrected chi connectivity index (χ0v) is 17.9. The Morgan fingerprint density at radius 3 is 2.21 bits per heavy atom. The van der Waals surface area contributed by atoms with Crippen molar-refractivity contribution in [3.63, 3.8) is 0 Å². The summed E-state index contributed by atoms with van der Waals surface area (Å²) in [6.45, 7) is 9.41. The third kappa shape index (κ3) is 5.05. The van der Waals surface area contributed by atoms with Crippen molar-refractivity contribution >= 4 is 5.91 Å². The van der Waals surface area contributed by atoms with Crippen molar-refractivity contribution in [2.24, 2.45) is 7.05 Å². The third-order valence-corrected chi connectivity index (χ3v) is 5.88. The first kappa shape index (κ1) is 20.7. The van der Waals surface area contributed by atoms with Crippen LogP contribution in [-0.4, -0.2) is 35.0 Å². The highest BCUT2D eigenvalue weighted by Crippen LogP contribution is 2.25. The van der Waals surface area contributed by atoms with Crippen LogP contribution >= 0.6 is 0 Å². The average Bonchev–Trinajstić information content (AvgIpc) is 2.92. The van der Waals surface area contributed by atoms with Crippen molar-refractivity contribution in [2.45, 2.75) is 57.9 Å². The van der Waals surface area contributed by atoms with Gasteiger partial charge in [-0.25, -0.2) is 0 Å². The molecule has 0 bridgehead atoms. The Labute approximate surface area is 169 Å².